The van der Waals surface area contributed by atoms with Crippen LogP contribution in [0.2, 0.25) is 0 Å². The smallest absolute Gasteiger partial charge is 0.328 e. The zero-order valence-corrected chi connectivity index (χ0v) is 12.5. The first-order valence-corrected chi connectivity index (χ1v) is 7.21. The van der Waals surface area contributed by atoms with Gasteiger partial charge in [-0.25, -0.2) is 21.3 Å². The molecule has 0 aliphatic rings. The molecule has 0 aromatic rings. The summed E-state index contributed by atoms with van der Waals surface area (Å²) in [6, 6.07) is -1.26. The number of nitrogens with zero attached hydrogens (tertiary/aromatic N) is 2. The number of nitrogens with two attached hydrogens (primary N) is 5. The number of primary amides is 2. The lowest BCUT2D eigenvalue weighted by atomic mass is 9.92. The van der Waals surface area contributed by atoms with Gasteiger partial charge >= 0.3 is 12.1 Å². The maximum absolute atomic E-state index is 10.8. The lowest BCUT2D eigenvalue weighted by Crippen LogP contribution is -2.42. The van der Waals surface area contributed by atoms with Crippen molar-refractivity contribution in [3.8, 4) is 0 Å². The Morgan fingerprint density at radius 3 is 1.52 bits per heavy atom. The van der Waals surface area contributed by atoms with Gasteiger partial charge in [0, 0.05) is 13.1 Å². The highest BCUT2D eigenvalue weighted by molar-refractivity contribution is 5.71. The van der Waals surface area contributed by atoms with Crippen LogP contribution >= 0.6 is 0 Å². The highest BCUT2D eigenvalue weighted by Crippen LogP contribution is 2.19. The second-order valence-corrected chi connectivity index (χ2v) is 5.14. The summed E-state index contributed by atoms with van der Waals surface area (Å²) >= 11 is 0. The number of urea groups is 2. The third-order valence-corrected chi connectivity index (χ3v) is 3.41. The molecule has 0 bridgehead atoms. The maximum atomic E-state index is 10.8. The van der Waals surface area contributed by atoms with Crippen molar-refractivity contribution in [1.82, 2.24) is 10.0 Å². The standard InChI is InChI=1S/C12H29N7O2/c13-7-1-4-10(5-2-8-18(16)11(14)20)6-3-9-19(17)12(15)21/h10H,1-9,13,16-17H2,(H2,14,20)(H2,15,21). The average Bonchev–Trinajstić information content (AvgIpc) is 2.43. The minimum atomic E-state index is -0.631. The predicted molar refractivity (Wildman–Crippen MR) is 81.2 cm³/mol. The van der Waals surface area contributed by atoms with Crippen molar-refractivity contribution in [3.63, 3.8) is 0 Å². The van der Waals surface area contributed by atoms with E-state index < -0.39 is 12.1 Å². The highest BCUT2D eigenvalue weighted by atomic mass is 16.2. The topological polar surface area (TPSA) is 171 Å². The van der Waals surface area contributed by atoms with Crippen molar-refractivity contribution in [2.45, 2.75) is 38.5 Å². The summed E-state index contributed by atoms with van der Waals surface area (Å²) < 4.78 is 0. The Labute approximate surface area is 125 Å². The summed E-state index contributed by atoms with van der Waals surface area (Å²) in [7, 11) is 0. The van der Waals surface area contributed by atoms with Crippen LogP contribution in [0, 0.1) is 5.92 Å². The fourth-order valence-corrected chi connectivity index (χ4v) is 2.16. The monoisotopic (exact) mass is 303 g/mol. The van der Waals surface area contributed by atoms with E-state index >= 15 is 0 Å². The molecular weight excluding hydrogens is 274 g/mol. The van der Waals surface area contributed by atoms with E-state index in [4.69, 9.17) is 28.9 Å². The van der Waals surface area contributed by atoms with Crippen LogP contribution in [-0.4, -0.2) is 41.7 Å². The van der Waals surface area contributed by atoms with Crippen LogP contribution in [0.25, 0.3) is 0 Å². The number of hydrogen-bond acceptors (Lipinski definition) is 5. The van der Waals surface area contributed by atoms with E-state index in [0.29, 0.717) is 25.6 Å². The van der Waals surface area contributed by atoms with Gasteiger partial charge in [0.1, 0.15) is 0 Å². The number of amides is 4. The van der Waals surface area contributed by atoms with Gasteiger partial charge in [0.15, 0.2) is 0 Å². The Morgan fingerprint density at radius 2 is 1.19 bits per heavy atom. The van der Waals surface area contributed by atoms with Gasteiger partial charge in [-0.3, -0.25) is 10.0 Å². The number of carbonyl (C=O) groups excluding carboxylic acids is 2. The second-order valence-electron chi connectivity index (χ2n) is 5.14. The van der Waals surface area contributed by atoms with Gasteiger partial charge in [-0.1, -0.05) is 0 Å². The van der Waals surface area contributed by atoms with Crippen molar-refractivity contribution < 1.29 is 9.59 Å². The molecule has 124 valence electrons. The molecule has 0 saturated heterocycles. The van der Waals surface area contributed by atoms with E-state index in [1.807, 2.05) is 0 Å². The number of hydrazine groups is 2. The first-order chi connectivity index (χ1) is 9.88. The molecule has 0 radical (unpaired) electrons. The molecule has 4 amide bonds. The Bertz CT molecular complexity index is 288. The van der Waals surface area contributed by atoms with Gasteiger partial charge in [-0.15, -0.1) is 0 Å². The highest BCUT2D eigenvalue weighted by Gasteiger charge is 2.12. The van der Waals surface area contributed by atoms with Crippen LogP contribution in [0.15, 0.2) is 0 Å². The zero-order valence-electron chi connectivity index (χ0n) is 12.5. The molecule has 9 nitrogen and oxygen atoms in total. The summed E-state index contributed by atoms with van der Waals surface area (Å²) in [4.78, 5) is 21.6. The third-order valence-electron chi connectivity index (χ3n) is 3.41. The minimum absolute atomic E-state index is 0.429. The van der Waals surface area contributed by atoms with Gasteiger partial charge in [-0.2, -0.15) is 0 Å². The minimum Gasteiger partial charge on any atom is -0.350 e. The molecule has 0 heterocycles. The van der Waals surface area contributed by atoms with E-state index in [9.17, 15) is 9.59 Å². The normalized spacial score (nSPS) is 10.7. The molecular formula is C12H29N7O2. The van der Waals surface area contributed by atoms with Crippen molar-refractivity contribution in [2.75, 3.05) is 19.6 Å². The lowest BCUT2D eigenvalue weighted by Gasteiger charge is -2.20. The van der Waals surface area contributed by atoms with Gasteiger partial charge in [-0.05, 0) is 51.0 Å². The fourth-order valence-electron chi connectivity index (χ4n) is 2.16. The molecule has 0 fully saturated rings. The summed E-state index contributed by atoms with van der Waals surface area (Å²) in [6.07, 6.45) is 5.33. The van der Waals surface area contributed by atoms with E-state index in [0.717, 1.165) is 48.5 Å². The number of rotatable bonds is 11. The van der Waals surface area contributed by atoms with E-state index in [-0.39, 0.29) is 0 Å². The first-order valence-electron chi connectivity index (χ1n) is 7.21. The third kappa shape index (κ3) is 9.88. The van der Waals surface area contributed by atoms with Gasteiger partial charge < -0.3 is 17.2 Å². The van der Waals surface area contributed by atoms with Gasteiger partial charge in [0.05, 0.1) is 0 Å². The molecule has 0 aliphatic carbocycles. The lowest BCUT2D eigenvalue weighted by molar-refractivity contribution is 0.203. The molecule has 0 aromatic carbocycles. The van der Waals surface area contributed by atoms with Crippen molar-refractivity contribution in [3.05, 3.63) is 0 Å². The predicted octanol–water partition coefficient (Wildman–Crippen LogP) is -0.589. The van der Waals surface area contributed by atoms with Crippen LogP contribution < -0.4 is 28.9 Å². The molecule has 0 atom stereocenters. The quantitative estimate of drug-likeness (QED) is 0.195. The Kier molecular flexibility index (Phi) is 10.3. The number of carbonyl (C=O) groups is 2. The van der Waals surface area contributed by atoms with Crippen LogP contribution in [0.1, 0.15) is 38.5 Å². The molecule has 0 saturated carbocycles. The largest absolute Gasteiger partial charge is 0.350 e. The summed E-state index contributed by atoms with van der Waals surface area (Å²) in [6.45, 7) is 1.50. The van der Waals surface area contributed by atoms with E-state index in [1.165, 1.54) is 0 Å². The maximum Gasteiger partial charge on any atom is 0.328 e. The first kappa shape index (κ1) is 19.4. The van der Waals surface area contributed by atoms with Crippen LogP contribution in [-0.2, 0) is 0 Å². The SMILES string of the molecule is NCCCC(CCCN(N)C(N)=O)CCCN(N)C(N)=O. The van der Waals surface area contributed by atoms with E-state index in [2.05, 4.69) is 0 Å². The number of hydrogen-bond donors (Lipinski definition) is 5. The summed E-state index contributed by atoms with van der Waals surface area (Å²) in [5, 5.41) is 2.02. The van der Waals surface area contributed by atoms with Crippen molar-refractivity contribution in [2.24, 2.45) is 34.8 Å². The van der Waals surface area contributed by atoms with Crippen LogP contribution in [0.3, 0.4) is 0 Å². The fraction of sp³-hybridized carbons (Fsp3) is 0.833. The van der Waals surface area contributed by atoms with Crippen LogP contribution in [0.5, 0.6) is 0 Å². The molecule has 0 spiro atoms. The molecule has 0 unspecified atom stereocenters. The Morgan fingerprint density at radius 1 is 0.810 bits per heavy atom. The van der Waals surface area contributed by atoms with Crippen molar-refractivity contribution in [1.29, 1.82) is 0 Å². The molecule has 21 heavy (non-hydrogen) atoms. The second kappa shape index (κ2) is 11.1. The Balaban J connectivity index is 4.02. The Hall–Kier alpha value is -1.58. The van der Waals surface area contributed by atoms with Gasteiger partial charge in [0.2, 0.25) is 0 Å². The molecule has 0 aromatic heterocycles. The average molecular weight is 303 g/mol. The summed E-state index contributed by atoms with van der Waals surface area (Å²) in [5.74, 6) is 11.3. The molecule has 10 N–H and O–H groups in total. The van der Waals surface area contributed by atoms with Crippen LogP contribution in [0.4, 0.5) is 9.59 Å². The zero-order chi connectivity index (χ0) is 16.3. The van der Waals surface area contributed by atoms with Gasteiger partial charge in [0.25, 0.3) is 0 Å². The molecule has 0 rings (SSSR count). The van der Waals surface area contributed by atoms with E-state index in [1.54, 1.807) is 0 Å². The molecule has 0 aliphatic heterocycles. The molecule has 9 heteroatoms. The summed E-state index contributed by atoms with van der Waals surface area (Å²) in [5.41, 5.74) is 15.6. The van der Waals surface area contributed by atoms with Crippen molar-refractivity contribution >= 4 is 12.1 Å².